The fourth-order valence-electron chi connectivity index (χ4n) is 4.11. The van der Waals surface area contributed by atoms with E-state index in [-0.39, 0.29) is 0 Å². The Kier molecular flexibility index (Phi) is 7.50. The van der Waals surface area contributed by atoms with Crippen molar-refractivity contribution in [1.29, 1.82) is 0 Å². The van der Waals surface area contributed by atoms with E-state index >= 15 is 0 Å². The van der Waals surface area contributed by atoms with Crippen LogP contribution in [0.15, 0.2) is 47.5 Å². The molecule has 0 aliphatic heterocycles. The molecule has 1 saturated carbocycles. The van der Waals surface area contributed by atoms with Crippen molar-refractivity contribution in [3.05, 3.63) is 59.2 Å². The monoisotopic (exact) mass is 363 g/mol. The molecule has 2 aromatic rings. The quantitative estimate of drug-likeness (QED) is 0.387. The molecule has 1 fully saturated rings. The van der Waals surface area contributed by atoms with Crippen LogP contribution in [-0.4, -0.2) is 11.3 Å². The lowest BCUT2D eigenvalue weighted by Gasteiger charge is -2.23. The van der Waals surface area contributed by atoms with Crippen LogP contribution in [-0.2, 0) is 6.42 Å². The fraction of sp³-hybridized carbons (Fsp3) is 0.480. The number of benzene rings is 2. The number of hydrogen-bond donors (Lipinski definition) is 1. The summed E-state index contributed by atoms with van der Waals surface area (Å²) in [4.78, 5) is 4.59. The molecular weight excluding hydrogens is 330 g/mol. The Bertz CT molecular complexity index is 729. The predicted octanol–water partition coefficient (Wildman–Crippen LogP) is 7.31. The SMILES string of the molecule is CCCCCCc1cc(C2CCCCC2)cc(C=Nc2ccccc2)c1O. The molecule has 3 rings (SSSR count). The average Bonchev–Trinajstić information content (AvgIpc) is 2.72. The maximum Gasteiger partial charge on any atom is 0.127 e. The van der Waals surface area contributed by atoms with Gasteiger partial charge in [0.1, 0.15) is 5.75 Å². The van der Waals surface area contributed by atoms with Gasteiger partial charge in [-0.3, -0.25) is 4.99 Å². The number of hydrogen-bond acceptors (Lipinski definition) is 2. The lowest BCUT2D eigenvalue weighted by atomic mass is 9.82. The molecule has 0 saturated heterocycles. The van der Waals surface area contributed by atoms with E-state index in [4.69, 9.17) is 0 Å². The van der Waals surface area contributed by atoms with Gasteiger partial charge < -0.3 is 5.11 Å². The molecule has 0 amide bonds. The molecule has 0 radical (unpaired) electrons. The highest BCUT2D eigenvalue weighted by Crippen LogP contribution is 2.36. The number of aliphatic imine (C=N–C) groups is 1. The predicted molar refractivity (Wildman–Crippen MR) is 115 cm³/mol. The Hall–Kier alpha value is -2.09. The average molecular weight is 364 g/mol. The second-order valence-corrected chi connectivity index (χ2v) is 7.86. The van der Waals surface area contributed by atoms with Crippen molar-refractivity contribution in [3.63, 3.8) is 0 Å². The minimum Gasteiger partial charge on any atom is -0.507 e. The molecule has 27 heavy (non-hydrogen) atoms. The van der Waals surface area contributed by atoms with Crippen LogP contribution in [0.2, 0.25) is 0 Å². The standard InChI is InChI=1S/C25H33NO/c1-2-3-4-7-14-21-17-22(20-12-8-5-9-13-20)18-23(25(21)27)19-26-24-15-10-6-11-16-24/h6,10-11,15-20,27H,2-5,7-9,12-14H2,1H3. The minimum atomic E-state index is 0.422. The van der Waals surface area contributed by atoms with Crippen LogP contribution in [0.4, 0.5) is 5.69 Å². The van der Waals surface area contributed by atoms with Crippen molar-refractivity contribution in [3.8, 4) is 5.75 Å². The van der Waals surface area contributed by atoms with Gasteiger partial charge >= 0.3 is 0 Å². The van der Waals surface area contributed by atoms with Crippen LogP contribution in [0.25, 0.3) is 0 Å². The lowest BCUT2D eigenvalue weighted by Crippen LogP contribution is -2.06. The molecule has 2 heteroatoms. The normalized spacial score (nSPS) is 15.4. The highest BCUT2D eigenvalue weighted by atomic mass is 16.3. The molecule has 0 atom stereocenters. The van der Waals surface area contributed by atoms with Gasteiger partial charge in [-0.2, -0.15) is 0 Å². The molecule has 144 valence electrons. The maximum absolute atomic E-state index is 10.9. The van der Waals surface area contributed by atoms with Gasteiger partial charge in [0.15, 0.2) is 0 Å². The molecule has 1 aliphatic carbocycles. The zero-order chi connectivity index (χ0) is 18.9. The zero-order valence-electron chi connectivity index (χ0n) is 16.7. The molecule has 1 aliphatic rings. The van der Waals surface area contributed by atoms with Crippen LogP contribution in [0.3, 0.4) is 0 Å². The first-order valence-corrected chi connectivity index (χ1v) is 10.7. The summed E-state index contributed by atoms with van der Waals surface area (Å²) < 4.78 is 0. The minimum absolute atomic E-state index is 0.422. The van der Waals surface area contributed by atoms with Crippen LogP contribution >= 0.6 is 0 Å². The molecule has 0 heterocycles. The van der Waals surface area contributed by atoms with Gasteiger partial charge in [-0.1, -0.05) is 69.7 Å². The summed E-state index contributed by atoms with van der Waals surface area (Å²) in [6, 6.07) is 14.4. The van der Waals surface area contributed by atoms with Gasteiger partial charge in [-0.05, 0) is 60.9 Å². The summed E-state index contributed by atoms with van der Waals surface area (Å²) >= 11 is 0. The largest absolute Gasteiger partial charge is 0.507 e. The summed E-state index contributed by atoms with van der Waals surface area (Å²) in [7, 11) is 0. The van der Waals surface area contributed by atoms with Crippen molar-refractivity contribution < 1.29 is 5.11 Å². The Morgan fingerprint density at radius 3 is 2.52 bits per heavy atom. The molecule has 0 unspecified atom stereocenters. The van der Waals surface area contributed by atoms with E-state index < -0.39 is 0 Å². The van der Waals surface area contributed by atoms with E-state index in [9.17, 15) is 5.11 Å². The molecule has 0 bridgehead atoms. The summed E-state index contributed by atoms with van der Waals surface area (Å²) in [5.41, 5.74) is 4.29. The number of aromatic hydroxyl groups is 1. The molecule has 0 aromatic heterocycles. The van der Waals surface area contributed by atoms with Crippen molar-refractivity contribution in [2.24, 2.45) is 4.99 Å². The van der Waals surface area contributed by atoms with E-state index in [0.29, 0.717) is 11.7 Å². The number of nitrogens with zero attached hydrogens (tertiary/aromatic N) is 1. The van der Waals surface area contributed by atoms with Crippen LogP contribution in [0.5, 0.6) is 5.75 Å². The summed E-state index contributed by atoms with van der Waals surface area (Å²) in [6.07, 6.45) is 14.2. The lowest BCUT2D eigenvalue weighted by molar-refractivity contribution is 0.440. The Balaban J connectivity index is 1.86. The highest BCUT2D eigenvalue weighted by molar-refractivity contribution is 5.86. The van der Waals surface area contributed by atoms with Gasteiger partial charge in [0, 0.05) is 11.8 Å². The topological polar surface area (TPSA) is 32.6 Å². The number of aryl methyl sites for hydroxylation is 1. The third-order valence-corrected chi connectivity index (χ3v) is 5.73. The summed E-state index contributed by atoms with van der Waals surface area (Å²) in [5, 5.41) is 10.9. The third-order valence-electron chi connectivity index (χ3n) is 5.73. The van der Waals surface area contributed by atoms with Gasteiger partial charge in [0.25, 0.3) is 0 Å². The van der Waals surface area contributed by atoms with E-state index in [0.717, 1.165) is 29.7 Å². The van der Waals surface area contributed by atoms with Crippen LogP contribution < -0.4 is 0 Å². The maximum atomic E-state index is 10.9. The van der Waals surface area contributed by atoms with Crippen LogP contribution in [0, 0.1) is 0 Å². The van der Waals surface area contributed by atoms with Crippen molar-refractivity contribution >= 4 is 11.9 Å². The first-order chi connectivity index (χ1) is 13.3. The second kappa shape index (κ2) is 10.3. The number of phenols is 1. The molecule has 1 N–H and O–H groups in total. The fourth-order valence-corrected chi connectivity index (χ4v) is 4.11. The van der Waals surface area contributed by atoms with E-state index in [1.54, 1.807) is 0 Å². The smallest absolute Gasteiger partial charge is 0.127 e. The number of rotatable bonds is 8. The van der Waals surface area contributed by atoms with Gasteiger partial charge in [0.05, 0.1) is 5.69 Å². The van der Waals surface area contributed by atoms with E-state index in [1.807, 2.05) is 36.5 Å². The highest BCUT2D eigenvalue weighted by Gasteiger charge is 2.18. The molecule has 2 nitrogen and oxygen atoms in total. The van der Waals surface area contributed by atoms with Gasteiger partial charge in [-0.15, -0.1) is 0 Å². The van der Waals surface area contributed by atoms with Crippen molar-refractivity contribution in [1.82, 2.24) is 0 Å². The first-order valence-electron chi connectivity index (χ1n) is 10.7. The summed E-state index contributed by atoms with van der Waals surface area (Å²) in [6.45, 7) is 2.24. The van der Waals surface area contributed by atoms with Gasteiger partial charge in [0.2, 0.25) is 0 Å². The van der Waals surface area contributed by atoms with Crippen molar-refractivity contribution in [2.75, 3.05) is 0 Å². The third kappa shape index (κ3) is 5.69. The molecule has 2 aromatic carbocycles. The van der Waals surface area contributed by atoms with E-state index in [1.165, 1.54) is 56.9 Å². The summed E-state index contributed by atoms with van der Waals surface area (Å²) in [5.74, 6) is 1.06. The number of phenolic OH excluding ortho intramolecular Hbond substituents is 1. The Labute approximate surface area is 164 Å². The second-order valence-electron chi connectivity index (χ2n) is 7.86. The van der Waals surface area contributed by atoms with Gasteiger partial charge in [-0.25, -0.2) is 0 Å². The first kappa shape index (κ1) is 19.7. The van der Waals surface area contributed by atoms with Crippen molar-refractivity contribution in [2.45, 2.75) is 77.0 Å². The molecular formula is C25H33NO. The number of para-hydroxylation sites is 1. The Morgan fingerprint density at radius 2 is 1.78 bits per heavy atom. The van der Waals surface area contributed by atoms with Crippen LogP contribution in [0.1, 0.15) is 87.3 Å². The zero-order valence-corrected chi connectivity index (χ0v) is 16.7. The molecule has 0 spiro atoms. The Morgan fingerprint density at radius 1 is 1.00 bits per heavy atom. The van der Waals surface area contributed by atoms with E-state index in [2.05, 4.69) is 24.0 Å². The number of unbranched alkanes of at least 4 members (excludes halogenated alkanes) is 3.